The largest absolute Gasteiger partial charge is 0.465 e. The number of benzene rings is 2. The van der Waals surface area contributed by atoms with E-state index in [4.69, 9.17) is 4.74 Å². The van der Waals surface area contributed by atoms with Crippen LogP contribution in [0.5, 0.6) is 0 Å². The van der Waals surface area contributed by atoms with Crippen molar-refractivity contribution < 1.29 is 23.5 Å². The van der Waals surface area contributed by atoms with E-state index in [2.05, 4.69) is 15.9 Å². The Morgan fingerprint density at radius 1 is 1.11 bits per heavy atom. The van der Waals surface area contributed by atoms with Gasteiger partial charge in [0.1, 0.15) is 17.6 Å². The summed E-state index contributed by atoms with van der Waals surface area (Å²) in [5.41, 5.74) is 1.05. The lowest BCUT2D eigenvalue weighted by atomic mass is 9.83. The molecule has 0 N–H and O–H groups in total. The third-order valence-corrected chi connectivity index (χ3v) is 9.03. The number of carbonyl (C=O) groups is 3. The van der Waals surface area contributed by atoms with Gasteiger partial charge in [0, 0.05) is 15.3 Å². The van der Waals surface area contributed by atoms with Gasteiger partial charge in [-0.15, -0.1) is 0 Å². The van der Waals surface area contributed by atoms with Gasteiger partial charge in [-0.2, -0.15) is 0 Å². The molecule has 1 aromatic heterocycles. The number of rotatable bonds is 5. The van der Waals surface area contributed by atoms with Gasteiger partial charge in [-0.3, -0.25) is 23.7 Å². The summed E-state index contributed by atoms with van der Waals surface area (Å²) < 4.78 is 20.6. The van der Waals surface area contributed by atoms with Crippen LogP contribution in [0.3, 0.4) is 0 Å². The van der Waals surface area contributed by atoms with Crippen molar-refractivity contribution in [3.8, 4) is 0 Å². The number of hydrogen-bond acceptors (Lipinski definition) is 7. The van der Waals surface area contributed by atoms with Gasteiger partial charge in [0.05, 0.1) is 23.2 Å². The number of thioether (sulfide) groups is 1. The normalized spacial score (nSPS) is 21.1. The van der Waals surface area contributed by atoms with Gasteiger partial charge in [-0.25, -0.2) is 9.29 Å². The van der Waals surface area contributed by atoms with Crippen molar-refractivity contribution in [3.05, 3.63) is 78.9 Å². The number of anilines is 1. The van der Waals surface area contributed by atoms with Crippen LogP contribution >= 0.6 is 39.0 Å². The minimum atomic E-state index is -0.813. The number of amides is 2. The number of ether oxygens (including phenoxy) is 1. The van der Waals surface area contributed by atoms with Crippen molar-refractivity contribution in [3.63, 3.8) is 0 Å². The summed E-state index contributed by atoms with van der Waals surface area (Å²) in [4.78, 5) is 53.7. The first-order valence-corrected chi connectivity index (χ1v) is 13.2. The Kier molecular flexibility index (Phi) is 6.41. The molecule has 0 radical (unpaired) electrons. The standard InChI is InChI=1S/C24H18BrFN2O5S2/c1-2-33-16(29)11-27-23-20(35-24(27)32)17(12-4-3-5-13(25)10-12)18-19(34-23)22(31)28(21(18)30)15-8-6-14(26)7-9-15/h3-10,17-19H,2,11H2,1H3/t17-,18-,19+/m0/s1. The molecule has 1 saturated heterocycles. The number of aromatic nitrogens is 1. The molecule has 2 aliphatic heterocycles. The molecule has 0 unspecified atom stereocenters. The number of thiazole rings is 1. The fourth-order valence-electron chi connectivity index (χ4n) is 4.49. The zero-order valence-corrected chi connectivity index (χ0v) is 21.5. The average molecular weight is 577 g/mol. The second kappa shape index (κ2) is 9.36. The van der Waals surface area contributed by atoms with Crippen molar-refractivity contribution in [1.29, 1.82) is 0 Å². The monoisotopic (exact) mass is 576 g/mol. The lowest BCUT2D eigenvalue weighted by Crippen LogP contribution is -2.32. The molecule has 3 atom stereocenters. The summed E-state index contributed by atoms with van der Waals surface area (Å²) in [6.45, 7) is 1.58. The Morgan fingerprint density at radius 3 is 2.54 bits per heavy atom. The molecule has 5 rings (SSSR count). The lowest BCUT2D eigenvalue weighted by Gasteiger charge is -2.30. The number of hydrogen-bond donors (Lipinski definition) is 0. The van der Waals surface area contributed by atoms with Gasteiger partial charge in [0.25, 0.3) is 0 Å². The van der Waals surface area contributed by atoms with Crippen molar-refractivity contribution in [2.75, 3.05) is 11.5 Å². The van der Waals surface area contributed by atoms with E-state index in [0.29, 0.717) is 9.90 Å². The molecular weight excluding hydrogens is 559 g/mol. The van der Waals surface area contributed by atoms with Crippen LogP contribution in [-0.2, 0) is 25.7 Å². The maximum Gasteiger partial charge on any atom is 0.326 e. The molecule has 0 bridgehead atoms. The molecule has 0 saturated carbocycles. The molecular formula is C24H18BrFN2O5S2. The molecule has 2 aromatic carbocycles. The van der Waals surface area contributed by atoms with Gasteiger partial charge in [-0.1, -0.05) is 51.2 Å². The molecule has 0 aliphatic carbocycles. The van der Waals surface area contributed by atoms with E-state index in [0.717, 1.165) is 38.0 Å². The first kappa shape index (κ1) is 24.0. The van der Waals surface area contributed by atoms with E-state index < -0.39 is 40.7 Å². The topological polar surface area (TPSA) is 85.7 Å². The maximum absolute atomic E-state index is 13.7. The van der Waals surface area contributed by atoms with Crippen molar-refractivity contribution in [1.82, 2.24) is 4.57 Å². The molecule has 3 heterocycles. The van der Waals surface area contributed by atoms with Gasteiger partial charge in [-0.05, 0) is 48.9 Å². The van der Waals surface area contributed by atoms with Gasteiger partial charge in [0.2, 0.25) is 11.8 Å². The molecule has 35 heavy (non-hydrogen) atoms. The fourth-order valence-corrected chi connectivity index (χ4v) is 7.68. The second-order valence-electron chi connectivity index (χ2n) is 8.01. The van der Waals surface area contributed by atoms with Crippen molar-refractivity contribution in [2.24, 2.45) is 5.92 Å². The molecule has 1 fully saturated rings. The highest BCUT2D eigenvalue weighted by Crippen LogP contribution is 2.54. The van der Waals surface area contributed by atoms with Crippen molar-refractivity contribution in [2.45, 2.75) is 29.7 Å². The number of fused-ring (bicyclic) bond motifs is 2. The van der Waals surface area contributed by atoms with Crippen LogP contribution in [0.2, 0.25) is 0 Å². The smallest absolute Gasteiger partial charge is 0.326 e. The van der Waals surface area contributed by atoms with Crippen LogP contribution in [0.4, 0.5) is 10.1 Å². The third-order valence-electron chi connectivity index (χ3n) is 5.93. The third kappa shape index (κ3) is 4.15. The summed E-state index contributed by atoms with van der Waals surface area (Å²) in [6, 6.07) is 12.6. The highest BCUT2D eigenvalue weighted by Gasteiger charge is 2.56. The molecule has 2 aliphatic rings. The van der Waals surface area contributed by atoms with Crippen LogP contribution in [0.25, 0.3) is 0 Å². The van der Waals surface area contributed by atoms with Gasteiger partial charge >= 0.3 is 10.8 Å². The van der Waals surface area contributed by atoms with Gasteiger partial charge < -0.3 is 4.74 Å². The van der Waals surface area contributed by atoms with E-state index in [1.165, 1.54) is 28.8 Å². The number of carbonyl (C=O) groups excluding carboxylic acids is 3. The van der Waals surface area contributed by atoms with Crippen molar-refractivity contribution >= 4 is 62.5 Å². The Labute approximate surface area is 216 Å². The Hall–Kier alpha value is -2.76. The zero-order valence-electron chi connectivity index (χ0n) is 18.3. The zero-order chi connectivity index (χ0) is 24.9. The Bertz CT molecular complexity index is 1400. The highest BCUT2D eigenvalue weighted by atomic mass is 79.9. The molecule has 2 amide bonds. The van der Waals surface area contributed by atoms with Crippen LogP contribution < -0.4 is 9.77 Å². The number of esters is 1. The number of imide groups is 1. The lowest BCUT2D eigenvalue weighted by molar-refractivity contribution is -0.144. The van der Waals surface area contributed by atoms with Crippen LogP contribution in [0, 0.1) is 11.7 Å². The summed E-state index contributed by atoms with van der Waals surface area (Å²) >= 11 is 5.55. The van der Waals surface area contributed by atoms with Crippen LogP contribution in [0.15, 0.2) is 62.8 Å². The molecule has 7 nitrogen and oxygen atoms in total. The first-order valence-electron chi connectivity index (χ1n) is 10.7. The first-order chi connectivity index (χ1) is 16.8. The number of halogens is 2. The Morgan fingerprint density at radius 2 is 1.86 bits per heavy atom. The van der Waals surface area contributed by atoms with E-state index >= 15 is 0 Å². The van der Waals surface area contributed by atoms with Crippen LogP contribution in [-0.4, -0.2) is 34.2 Å². The van der Waals surface area contributed by atoms with E-state index in [-0.39, 0.29) is 23.7 Å². The SMILES string of the molecule is CCOC(=O)Cn1c2c(sc1=O)[C@@H](c1cccc(Br)c1)[C@@H]1C(=O)N(c3ccc(F)cc3)C(=O)[C@@H]1S2. The number of nitrogens with zero attached hydrogens (tertiary/aromatic N) is 2. The Balaban J connectivity index is 1.65. The van der Waals surface area contributed by atoms with Gasteiger partial charge in [0.15, 0.2) is 0 Å². The maximum atomic E-state index is 13.7. The van der Waals surface area contributed by atoms with E-state index in [1.807, 2.05) is 24.3 Å². The summed E-state index contributed by atoms with van der Waals surface area (Å²) in [5.74, 6) is -3.23. The highest BCUT2D eigenvalue weighted by molar-refractivity contribution is 9.10. The minimum Gasteiger partial charge on any atom is -0.465 e. The van der Waals surface area contributed by atoms with E-state index in [1.54, 1.807) is 6.92 Å². The molecule has 11 heteroatoms. The second-order valence-corrected chi connectivity index (χ2v) is 11.1. The van der Waals surface area contributed by atoms with Crippen LogP contribution in [0.1, 0.15) is 23.3 Å². The fraction of sp³-hybridized carbons (Fsp3) is 0.250. The summed E-state index contributed by atoms with van der Waals surface area (Å²) in [6.07, 6.45) is 0. The predicted molar refractivity (Wildman–Crippen MR) is 133 cm³/mol. The molecule has 0 spiro atoms. The average Bonchev–Trinajstić information content (AvgIpc) is 3.26. The summed E-state index contributed by atoms with van der Waals surface area (Å²) in [5, 5.41) is -0.326. The minimum absolute atomic E-state index is 0.179. The van der Waals surface area contributed by atoms with E-state index in [9.17, 15) is 23.6 Å². The molecule has 180 valence electrons. The predicted octanol–water partition coefficient (Wildman–Crippen LogP) is 4.17. The molecule has 3 aromatic rings. The summed E-state index contributed by atoms with van der Waals surface area (Å²) in [7, 11) is 0. The quantitative estimate of drug-likeness (QED) is 0.335.